The van der Waals surface area contributed by atoms with E-state index in [1.54, 1.807) is 24.3 Å². The highest BCUT2D eigenvalue weighted by molar-refractivity contribution is 8.03. The highest BCUT2D eigenvalue weighted by Crippen LogP contribution is 2.37. The van der Waals surface area contributed by atoms with E-state index in [2.05, 4.69) is 10.1 Å². The number of rotatable bonds is 4. The van der Waals surface area contributed by atoms with Crippen LogP contribution in [0.4, 0.5) is 18.3 Å². The first-order valence-corrected chi connectivity index (χ1v) is 8.90. The maximum absolute atomic E-state index is 13.4. The van der Waals surface area contributed by atoms with Crippen molar-refractivity contribution in [2.45, 2.75) is 13.1 Å². The molecule has 0 fully saturated rings. The number of halogens is 3. The zero-order chi connectivity index (χ0) is 19.1. The van der Waals surface area contributed by atoms with E-state index >= 15 is 0 Å². The smallest absolute Gasteiger partial charge is 0.435 e. The van der Waals surface area contributed by atoms with E-state index in [-0.39, 0.29) is 10.0 Å². The number of benzene rings is 1. The van der Waals surface area contributed by atoms with Crippen LogP contribution in [0, 0.1) is 0 Å². The lowest BCUT2D eigenvalue weighted by Gasteiger charge is -2.09. The highest BCUT2D eigenvalue weighted by atomic mass is 32.2. The summed E-state index contributed by atoms with van der Waals surface area (Å²) in [5, 5.41) is 12.8. The number of nitrogens with zero attached hydrogens (tertiary/aromatic N) is 3. The average molecular weight is 401 g/mol. The summed E-state index contributed by atoms with van der Waals surface area (Å²) in [4.78, 5) is 27.3. The number of allylic oxidation sites excluding steroid dienone is 1. The maximum Gasteiger partial charge on any atom is 0.435 e. The van der Waals surface area contributed by atoms with Crippen molar-refractivity contribution in [1.29, 1.82) is 0 Å². The van der Waals surface area contributed by atoms with E-state index in [1.807, 2.05) is 0 Å². The van der Waals surface area contributed by atoms with Crippen molar-refractivity contribution >= 4 is 56.0 Å². The topological polar surface area (TPSA) is 82.9 Å². The fourth-order valence-corrected chi connectivity index (χ4v) is 3.82. The quantitative estimate of drug-likeness (QED) is 0.791. The summed E-state index contributed by atoms with van der Waals surface area (Å²) in [6.45, 7) is 1.27. The van der Waals surface area contributed by atoms with Gasteiger partial charge < -0.3 is 5.11 Å². The Morgan fingerprint density at radius 1 is 1.35 bits per heavy atom. The molecule has 0 atom stereocenters. The van der Waals surface area contributed by atoms with Crippen LogP contribution in [-0.4, -0.2) is 39.6 Å². The van der Waals surface area contributed by atoms with Crippen LogP contribution in [0.25, 0.3) is 10.2 Å². The molecule has 1 aliphatic rings. The molecule has 0 unspecified atom stereocenters. The molecule has 3 rings (SSSR count). The van der Waals surface area contributed by atoms with Crippen LogP contribution >= 0.6 is 23.1 Å². The lowest BCUT2D eigenvalue weighted by Crippen LogP contribution is -2.26. The van der Waals surface area contributed by atoms with Crippen LogP contribution in [0.1, 0.15) is 6.92 Å². The maximum atomic E-state index is 13.4. The van der Waals surface area contributed by atoms with Gasteiger partial charge in [-0.05, 0) is 24.0 Å². The minimum Gasteiger partial charge on any atom is -0.481 e. The minimum atomic E-state index is -4.86. The number of thiazole rings is 1. The average Bonchev–Trinajstić information content (AvgIpc) is 3.12. The summed E-state index contributed by atoms with van der Waals surface area (Å²) in [6.07, 6.45) is -4.86. The van der Waals surface area contributed by atoms with Crippen molar-refractivity contribution in [3.05, 3.63) is 34.7 Å². The fraction of sp³-hybridized carbons (Fsp3) is 0.200. The third kappa shape index (κ3) is 3.44. The van der Waals surface area contributed by atoms with Crippen molar-refractivity contribution in [3.8, 4) is 0 Å². The van der Waals surface area contributed by atoms with E-state index in [4.69, 9.17) is 5.11 Å². The number of aliphatic carboxylic acids is 1. The molecule has 0 aliphatic carbocycles. The van der Waals surface area contributed by atoms with E-state index < -0.39 is 35.1 Å². The third-order valence-corrected chi connectivity index (χ3v) is 5.38. The Labute approximate surface area is 153 Å². The fourth-order valence-electron chi connectivity index (χ4n) is 2.24. The van der Waals surface area contributed by atoms with Crippen molar-refractivity contribution in [2.24, 2.45) is 5.10 Å². The number of anilines is 1. The first-order valence-electron chi connectivity index (χ1n) is 7.10. The molecule has 136 valence electrons. The normalized spacial score (nSPS) is 17.0. The van der Waals surface area contributed by atoms with Gasteiger partial charge >= 0.3 is 12.1 Å². The van der Waals surface area contributed by atoms with Gasteiger partial charge in [-0.2, -0.15) is 23.3 Å². The van der Waals surface area contributed by atoms with Gasteiger partial charge in [0.05, 0.1) is 21.5 Å². The third-order valence-electron chi connectivity index (χ3n) is 3.34. The van der Waals surface area contributed by atoms with E-state index in [9.17, 15) is 22.8 Å². The number of alkyl halides is 3. The lowest BCUT2D eigenvalue weighted by molar-refractivity contribution is -0.133. The zero-order valence-electron chi connectivity index (χ0n) is 13.1. The summed E-state index contributed by atoms with van der Waals surface area (Å²) in [5.74, 6) is -2.64. The molecule has 1 N–H and O–H groups in total. The Morgan fingerprint density at radius 3 is 2.65 bits per heavy atom. The van der Waals surface area contributed by atoms with Gasteiger partial charge in [0.25, 0.3) is 5.91 Å². The Morgan fingerprint density at radius 2 is 2.04 bits per heavy atom. The molecule has 11 heteroatoms. The molecule has 0 saturated carbocycles. The number of hydrazone groups is 1. The van der Waals surface area contributed by atoms with Crippen LogP contribution in [0.15, 0.2) is 39.8 Å². The second-order valence-corrected chi connectivity index (χ2v) is 7.34. The van der Waals surface area contributed by atoms with Gasteiger partial charge in [-0.1, -0.05) is 23.5 Å². The molecule has 0 radical (unpaired) electrons. The van der Waals surface area contributed by atoms with E-state index in [0.29, 0.717) is 27.0 Å². The molecule has 1 aliphatic heterocycles. The summed E-state index contributed by atoms with van der Waals surface area (Å²) in [6, 6.07) is 6.88. The second kappa shape index (κ2) is 6.72. The highest BCUT2D eigenvalue weighted by Gasteiger charge is 2.48. The number of thioether (sulfide) groups is 1. The van der Waals surface area contributed by atoms with Gasteiger partial charge in [-0.3, -0.25) is 9.59 Å². The molecule has 1 aromatic heterocycles. The van der Waals surface area contributed by atoms with Crippen molar-refractivity contribution in [2.75, 3.05) is 10.8 Å². The number of amides is 1. The SMILES string of the molecule is C/C(SCC(=O)O)=C1/C(=O)N(c2nc3ccccc3s2)N=C1C(F)(F)F. The number of carboxylic acids is 1. The minimum absolute atomic E-state index is 0.0176. The molecule has 1 amide bonds. The largest absolute Gasteiger partial charge is 0.481 e. The lowest BCUT2D eigenvalue weighted by atomic mass is 10.1. The molecule has 2 aromatic rings. The van der Waals surface area contributed by atoms with Gasteiger partial charge in [-0.25, -0.2) is 4.98 Å². The molecule has 0 bridgehead atoms. The Kier molecular flexibility index (Phi) is 4.76. The van der Waals surface area contributed by atoms with Gasteiger partial charge in [0, 0.05) is 0 Å². The predicted molar refractivity (Wildman–Crippen MR) is 93.4 cm³/mol. The van der Waals surface area contributed by atoms with E-state index in [1.165, 1.54) is 6.92 Å². The molecule has 0 spiro atoms. The number of para-hydroxylation sites is 1. The van der Waals surface area contributed by atoms with Gasteiger partial charge in [0.1, 0.15) is 0 Å². The number of aromatic nitrogens is 1. The van der Waals surface area contributed by atoms with E-state index in [0.717, 1.165) is 11.3 Å². The first-order chi connectivity index (χ1) is 12.2. The number of fused-ring (bicyclic) bond motifs is 1. The molecular formula is C15H10F3N3O3S2. The number of hydrogen-bond donors (Lipinski definition) is 1. The van der Waals surface area contributed by atoms with Gasteiger partial charge in [0.15, 0.2) is 5.71 Å². The summed E-state index contributed by atoms with van der Waals surface area (Å²) in [7, 11) is 0. The van der Waals surface area contributed by atoms with Crippen molar-refractivity contribution in [1.82, 2.24) is 4.98 Å². The molecule has 6 nitrogen and oxygen atoms in total. The van der Waals surface area contributed by atoms with Crippen LogP contribution in [-0.2, 0) is 9.59 Å². The molecule has 2 heterocycles. The number of carbonyl (C=O) groups excluding carboxylic acids is 1. The summed E-state index contributed by atoms with van der Waals surface area (Å²) >= 11 is 1.68. The van der Waals surface area contributed by atoms with Crippen LogP contribution in [0.3, 0.4) is 0 Å². The van der Waals surface area contributed by atoms with Crippen LogP contribution in [0.5, 0.6) is 0 Å². The van der Waals surface area contributed by atoms with Crippen molar-refractivity contribution in [3.63, 3.8) is 0 Å². The number of hydrogen-bond acceptors (Lipinski definition) is 6. The Bertz CT molecular complexity index is 933. The van der Waals surface area contributed by atoms with Gasteiger partial charge in [-0.15, -0.1) is 11.8 Å². The standard InChI is InChI=1S/C15H10F3N3O3S2/c1-7(25-6-10(22)23)11-12(15(16,17)18)20-21(13(11)24)14-19-8-4-2-3-5-9(8)26-14/h2-5H,6H2,1H3,(H,22,23)/b11-7-. The second-order valence-electron chi connectivity index (χ2n) is 5.14. The first kappa shape index (κ1) is 18.4. The molecule has 26 heavy (non-hydrogen) atoms. The van der Waals surface area contributed by atoms with Gasteiger partial charge in [0.2, 0.25) is 5.13 Å². The predicted octanol–water partition coefficient (Wildman–Crippen LogP) is 3.65. The molecule has 0 saturated heterocycles. The Balaban J connectivity index is 2.05. The molecular weight excluding hydrogens is 391 g/mol. The van der Waals surface area contributed by atoms with Crippen LogP contribution < -0.4 is 5.01 Å². The Hall–Kier alpha value is -2.40. The number of carbonyl (C=O) groups is 2. The summed E-state index contributed by atoms with van der Waals surface area (Å²) < 4.78 is 40.8. The van der Waals surface area contributed by atoms with Crippen LogP contribution in [0.2, 0.25) is 0 Å². The molecule has 1 aromatic carbocycles. The zero-order valence-corrected chi connectivity index (χ0v) is 14.7. The number of carboxylic acid groups (broad SMARTS) is 1. The summed E-state index contributed by atoms with van der Waals surface area (Å²) in [5.41, 5.74) is -1.46. The van der Waals surface area contributed by atoms with Crippen molar-refractivity contribution < 1.29 is 27.9 Å². The monoisotopic (exact) mass is 401 g/mol.